The van der Waals surface area contributed by atoms with Gasteiger partial charge in [0.2, 0.25) is 15.9 Å². The van der Waals surface area contributed by atoms with Gasteiger partial charge in [-0.3, -0.25) is 14.3 Å². The van der Waals surface area contributed by atoms with Crippen LogP contribution in [0.3, 0.4) is 0 Å². The number of methoxy groups -OCH3 is 1. The number of nitrogens with zero attached hydrogens (tertiary/aromatic N) is 2. The summed E-state index contributed by atoms with van der Waals surface area (Å²) in [5, 5.41) is 6.92. The maximum Gasteiger partial charge on any atom is 0.267 e. The Labute approximate surface area is 179 Å². The molecule has 0 fully saturated rings. The molecule has 0 aliphatic rings. The van der Waals surface area contributed by atoms with Crippen molar-refractivity contribution in [3.63, 3.8) is 0 Å². The number of benzene rings is 2. The molecule has 31 heavy (non-hydrogen) atoms. The van der Waals surface area contributed by atoms with Crippen LogP contribution in [0.5, 0.6) is 5.75 Å². The van der Waals surface area contributed by atoms with E-state index in [0.717, 1.165) is 10.2 Å². The molecule has 2 N–H and O–H groups in total. The van der Waals surface area contributed by atoms with Gasteiger partial charge in [-0.1, -0.05) is 30.3 Å². The Bertz CT molecular complexity index is 1240. The zero-order valence-electron chi connectivity index (χ0n) is 17.0. The Kier molecular flexibility index (Phi) is 6.71. The lowest BCUT2D eigenvalue weighted by molar-refractivity contribution is -0.117. The second kappa shape index (κ2) is 9.43. The molecule has 0 saturated carbocycles. The zero-order valence-corrected chi connectivity index (χ0v) is 17.8. The standard InChI is InChI=1S/C21H22N4O5S/c1-3-31(28,29)24-18-10-9-16(13-19(18)30-2)22-20(26)14-25-21(27)12-11-17(23-25)15-7-5-4-6-8-15/h4-13,24H,3,14H2,1-2H3,(H,22,26). The van der Waals surface area contributed by atoms with Crippen molar-refractivity contribution in [2.45, 2.75) is 13.5 Å². The minimum atomic E-state index is -3.48. The summed E-state index contributed by atoms with van der Waals surface area (Å²) in [6.45, 7) is 1.23. The maximum absolute atomic E-state index is 12.5. The van der Waals surface area contributed by atoms with E-state index >= 15 is 0 Å². The molecule has 0 unspecified atom stereocenters. The molecule has 10 heteroatoms. The van der Waals surface area contributed by atoms with Crippen molar-refractivity contribution >= 4 is 27.3 Å². The van der Waals surface area contributed by atoms with Crippen molar-refractivity contribution in [2.24, 2.45) is 0 Å². The molecule has 1 amide bonds. The third kappa shape index (κ3) is 5.70. The Morgan fingerprint density at radius 1 is 1.10 bits per heavy atom. The summed E-state index contributed by atoms with van der Waals surface area (Å²) < 4.78 is 32.3. The molecule has 3 aromatic rings. The van der Waals surface area contributed by atoms with Gasteiger partial charge in [0.1, 0.15) is 12.3 Å². The van der Waals surface area contributed by atoms with E-state index in [1.165, 1.54) is 38.3 Å². The van der Waals surface area contributed by atoms with Gasteiger partial charge in [-0.25, -0.2) is 13.1 Å². The third-order valence-corrected chi connectivity index (χ3v) is 5.65. The van der Waals surface area contributed by atoms with Gasteiger partial charge in [0.05, 0.1) is 24.2 Å². The molecule has 0 bridgehead atoms. The number of nitrogens with one attached hydrogen (secondary N) is 2. The van der Waals surface area contributed by atoms with Gasteiger partial charge >= 0.3 is 0 Å². The smallest absolute Gasteiger partial charge is 0.267 e. The van der Waals surface area contributed by atoms with Gasteiger partial charge in [-0.2, -0.15) is 5.10 Å². The Hall–Kier alpha value is -3.66. The van der Waals surface area contributed by atoms with Crippen LogP contribution in [0.1, 0.15) is 6.92 Å². The van der Waals surface area contributed by atoms with Gasteiger partial charge in [0.15, 0.2) is 0 Å². The van der Waals surface area contributed by atoms with Crippen LogP contribution < -0.4 is 20.3 Å². The Morgan fingerprint density at radius 3 is 2.52 bits per heavy atom. The first-order valence-electron chi connectivity index (χ1n) is 9.43. The van der Waals surface area contributed by atoms with Crippen LogP contribution in [0.15, 0.2) is 65.5 Å². The topological polar surface area (TPSA) is 119 Å². The van der Waals surface area contributed by atoms with E-state index in [-0.39, 0.29) is 23.7 Å². The Balaban J connectivity index is 1.76. The first kappa shape index (κ1) is 22.0. The molecule has 1 heterocycles. The second-order valence-electron chi connectivity index (χ2n) is 6.55. The molecule has 0 spiro atoms. The van der Waals surface area contributed by atoms with Crippen LogP contribution in [0.2, 0.25) is 0 Å². The Morgan fingerprint density at radius 2 is 1.84 bits per heavy atom. The lowest BCUT2D eigenvalue weighted by atomic mass is 10.1. The number of hydrogen-bond acceptors (Lipinski definition) is 6. The van der Waals surface area contributed by atoms with E-state index < -0.39 is 21.5 Å². The molecule has 2 aromatic carbocycles. The highest BCUT2D eigenvalue weighted by Crippen LogP contribution is 2.28. The van der Waals surface area contributed by atoms with Crippen LogP contribution in [-0.2, 0) is 21.4 Å². The minimum Gasteiger partial charge on any atom is -0.494 e. The molecule has 162 valence electrons. The average Bonchev–Trinajstić information content (AvgIpc) is 2.76. The highest BCUT2D eigenvalue weighted by atomic mass is 32.2. The summed E-state index contributed by atoms with van der Waals surface area (Å²) in [6.07, 6.45) is 0. The van der Waals surface area contributed by atoms with Crippen molar-refractivity contribution in [1.29, 1.82) is 0 Å². The van der Waals surface area contributed by atoms with E-state index in [1.54, 1.807) is 6.07 Å². The number of rotatable bonds is 8. The fourth-order valence-corrected chi connectivity index (χ4v) is 3.40. The van der Waals surface area contributed by atoms with Gasteiger partial charge in [-0.15, -0.1) is 0 Å². The SMILES string of the molecule is CCS(=O)(=O)Nc1ccc(NC(=O)Cn2nc(-c3ccccc3)ccc2=O)cc1OC. The molecular weight excluding hydrogens is 420 g/mol. The number of carbonyl (C=O) groups excluding carboxylic acids is 1. The molecule has 1 aromatic heterocycles. The van der Waals surface area contributed by atoms with Crippen molar-refractivity contribution in [2.75, 3.05) is 22.9 Å². The van der Waals surface area contributed by atoms with E-state index in [4.69, 9.17) is 4.74 Å². The van der Waals surface area contributed by atoms with Crippen LogP contribution >= 0.6 is 0 Å². The number of hydrogen-bond donors (Lipinski definition) is 2. The summed E-state index contributed by atoms with van der Waals surface area (Å²) in [6, 6.07) is 16.8. The van der Waals surface area contributed by atoms with Crippen molar-refractivity contribution < 1.29 is 17.9 Å². The predicted molar refractivity (Wildman–Crippen MR) is 119 cm³/mol. The van der Waals surface area contributed by atoms with Crippen molar-refractivity contribution in [3.05, 3.63) is 71.0 Å². The van der Waals surface area contributed by atoms with Gasteiger partial charge in [-0.05, 0) is 25.1 Å². The summed E-state index contributed by atoms with van der Waals surface area (Å²) in [4.78, 5) is 24.6. The lowest BCUT2D eigenvalue weighted by Gasteiger charge is -2.13. The van der Waals surface area contributed by atoms with Crippen LogP contribution in [0.25, 0.3) is 11.3 Å². The lowest BCUT2D eigenvalue weighted by Crippen LogP contribution is -2.29. The fraction of sp³-hybridized carbons (Fsp3) is 0.190. The number of sulfonamides is 1. The van der Waals surface area contributed by atoms with Gasteiger partial charge in [0.25, 0.3) is 5.56 Å². The number of anilines is 2. The van der Waals surface area contributed by atoms with E-state index in [0.29, 0.717) is 11.4 Å². The van der Waals surface area contributed by atoms with Crippen LogP contribution in [-0.4, -0.2) is 37.0 Å². The molecule has 9 nitrogen and oxygen atoms in total. The molecule has 3 rings (SSSR count). The second-order valence-corrected chi connectivity index (χ2v) is 8.56. The predicted octanol–water partition coefficient (Wildman–Crippen LogP) is 2.32. The minimum absolute atomic E-state index is 0.0849. The number of carbonyl (C=O) groups is 1. The molecule has 0 aliphatic heterocycles. The summed E-state index contributed by atoms with van der Waals surface area (Å²) in [5.74, 6) is -0.307. The van der Waals surface area contributed by atoms with Crippen LogP contribution in [0.4, 0.5) is 11.4 Å². The summed E-state index contributed by atoms with van der Waals surface area (Å²) >= 11 is 0. The van der Waals surface area contributed by atoms with E-state index in [2.05, 4.69) is 15.1 Å². The average molecular weight is 442 g/mol. The van der Waals surface area contributed by atoms with Gasteiger partial charge < -0.3 is 10.1 Å². The largest absolute Gasteiger partial charge is 0.494 e. The number of aromatic nitrogens is 2. The first-order valence-corrected chi connectivity index (χ1v) is 11.1. The molecule has 0 aliphatic carbocycles. The third-order valence-electron chi connectivity index (χ3n) is 4.36. The van der Waals surface area contributed by atoms with Crippen molar-refractivity contribution in [1.82, 2.24) is 9.78 Å². The normalized spacial score (nSPS) is 11.0. The van der Waals surface area contributed by atoms with Crippen LogP contribution in [0, 0.1) is 0 Å². The highest BCUT2D eigenvalue weighted by molar-refractivity contribution is 7.92. The monoisotopic (exact) mass is 442 g/mol. The fourth-order valence-electron chi connectivity index (χ4n) is 2.75. The highest BCUT2D eigenvalue weighted by Gasteiger charge is 2.13. The molecule has 0 saturated heterocycles. The number of ether oxygens (including phenoxy) is 1. The summed E-state index contributed by atoms with van der Waals surface area (Å²) in [5.41, 5.74) is 1.63. The first-order chi connectivity index (χ1) is 14.8. The zero-order chi connectivity index (χ0) is 22.4. The molecular formula is C21H22N4O5S. The van der Waals surface area contributed by atoms with E-state index in [1.807, 2.05) is 30.3 Å². The summed E-state index contributed by atoms with van der Waals surface area (Å²) in [7, 11) is -2.09. The maximum atomic E-state index is 12.5. The van der Waals surface area contributed by atoms with Crippen molar-refractivity contribution in [3.8, 4) is 17.0 Å². The van der Waals surface area contributed by atoms with Gasteiger partial charge in [0, 0.05) is 23.4 Å². The number of amides is 1. The van der Waals surface area contributed by atoms with E-state index in [9.17, 15) is 18.0 Å². The quantitative estimate of drug-likeness (QED) is 0.553. The molecule has 0 radical (unpaired) electrons. The molecule has 0 atom stereocenters.